The second-order valence-corrected chi connectivity index (χ2v) is 8.63. The molecule has 2 aliphatic heterocycles. The number of aromatic nitrogens is 2. The third-order valence-electron chi connectivity index (χ3n) is 6.02. The maximum Gasteiger partial charge on any atom is 0.490 e. The summed E-state index contributed by atoms with van der Waals surface area (Å²) < 4.78 is 31.7. The molecule has 1 aromatic heterocycles. The molecule has 1 aromatic carbocycles. The van der Waals surface area contributed by atoms with Gasteiger partial charge in [-0.15, -0.1) is 0 Å². The molecule has 0 unspecified atom stereocenters. The highest BCUT2D eigenvalue weighted by Crippen LogP contribution is 2.43. The van der Waals surface area contributed by atoms with Gasteiger partial charge in [-0.25, -0.2) is 14.8 Å². The Morgan fingerprint density at radius 3 is 2.41 bits per heavy atom. The van der Waals surface area contributed by atoms with Gasteiger partial charge >= 0.3 is 12.1 Å². The Kier molecular flexibility index (Phi) is 7.98. The number of anilines is 1. The predicted octanol–water partition coefficient (Wildman–Crippen LogP) is 2.98. The molecule has 2 N–H and O–H groups in total. The number of likely N-dealkylation sites (tertiary alicyclic amines) is 1. The van der Waals surface area contributed by atoms with Gasteiger partial charge in [0.1, 0.15) is 0 Å². The van der Waals surface area contributed by atoms with E-state index in [1.807, 2.05) is 18.2 Å². The largest absolute Gasteiger partial charge is 0.490 e. The molecule has 0 bridgehead atoms. The summed E-state index contributed by atoms with van der Waals surface area (Å²) in [5.41, 5.74) is 0.770. The van der Waals surface area contributed by atoms with Crippen molar-refractivity contribution in [3.05, 3.63) is 53.3 Å². The van der Waals surface area contributed by atoms with Crippen LogP contribution in [-0.4, -0.2) is 70.8 Å². The second kappa shape index (κ2) is 10.6. The molecule has 0 aliphatic carbocycles. The van der Waals surface area contributed by atoms with Gasteiger partial charge in [0, 0.05) is 50.6 Å². The number of carbonyl (C=O) groups is 2. The molecule has 2 aromatic rings. The summed E-state index contributed by atoms with van der Waals surface area (Å²) >= 11 is 6.01. The SMILES string of the molecule is CNC(=O)[C@@]12CCCN(c3ncccn3)[C@@H]1CN(Cc1ccc(Cl)cc1)C2.O=C(O)C(F)(F)F. The summed E-state index contributed by atoms with van der Waals surface area (Å²) in [5.74, 6) is -1.93. The van der Waals surface area contributed by atoms with Gasteiger partial charge in [-0.3, -0.25) is 9.69 Å². The fraction of sp³-hybridized carbons (Fsp3) is 0.455. The first kappa shape index (κ1) is 25.7. The van der Waals surface area contributed by atoms with Crippen LogP contribution < -0.4 is 10.2 Å². The van der Waals surface area contributed by atoms with Crippen molar-refractivity contribution < 1.29 is 27.9 Å². The Bertz CT molecular complexity index is 994. The molecule has 0 saturated carbocycles. The van der Waals surface area contributed by atoms with Crippen LogP contribution in [0.2, 0.25) is 5.02 Å². The van der Waals surface area contributed by atoms with Gasteiger partial charge in [0.15, 0.2) is 0 Å². The minimum absolute atomic E-state index is 0.0703. The van der Waals surface area contributed by atoms with Crippen molar-refractivity contribution in [1.29, 1.82) is 0 Å². The molecule has 0 spiro atoms. The summed E-state index contributed by atoms with van der Waals surface area (Å²) in [6.07, 6.45) is 0.284. The quantitative estimate of drug-likeness (QED) is 0.667. The van der Waals surface area contributed by atoms with Gasteiger partial charge in [0.05, 0.1) is 11.5 Å². The number of fused-ring (bicyclic) bond motifs is 1. The Balaban J connectivity index is 0.000000406. The lowest BCUT2D eigenvalue weighted by Gasteiger charge is -2.44. The third kappa shape index (κ3) is 5.76. The molecule has 3 heterocycles. The molecule has 1 amide bonds. The number of benzene rings is 1. The number of carboxylic acids is 1. The van der Waals surface area contributed by atoms with Gasteiger partial charge in [0.25, 0.3) is 0 Å². The van der Waals surface area contributed by atoms with E-state index in [9.17, 15) is 18.0 Å². The van der Waals surface area contributed by atoms with E-state index in [2.05, 4.69) is 37.2 Å². The highest BCUT2D eigenvalue weighted by Gasteiger charge is 2.55. The molecule has 0 radical (unpaired) electrons. The lowest BCUT2D eigenvalue weighted by molar-refractivity contribution is -0.192. The highest BCUT2D eigenvalue weighted by molar-refractivity contribution is 6.30. The minimum atomic E-state index is -5.08. The Morgan fingerprint density at radius 1 is 1.24 bits per heavy atom. The number of amides is 1. The zero-order valence-electron chi connectivity index (χ0n) is 18.4. The van der Waals surface area contributed by atoms with E-state index >= 15 is 0 Å². The summed E-state index contributed by atoms with van der Waals surface area (Å²) in [6.45, 7) is 3.23. The van der Waals surface area contributed by atoms with E-state index in [0.29, 0.717) is 5.95 Å². The fourth-order valence-corrected chi connectivity index (χ4v) is 4.71. The Labute approximate surface area is 199 Å². The second-order valence-electron chi connectivity index (χ2n) is 8.20. The fourth-order valence-electron chi connectivity index (χ4n) is 4.58. The molecular weight excluding hydrogens is 475 g/mol. The summed E-state index contributed by atoms with van der Waals surface area (Å²) in [5, 5.41) is 10.8. The van der Waals surface area contributed by atoms with Crippen LogP contribution in [0.3, 0.4) is 0 Å². The lowest BCUT2D eigenvalue weighted by atomic mass is 9.74. The molecule has 8 nitrogen and oxygen atoms in total. The molecule has 2 aliphatic rings. The van der Waals surface area contributed by atoms with Crippen LogP contribution in [0, 0.1) is 5.41 Å². The molecule has 2 atom stereocenters. The van der Waals surface area contributed by atoms with Crippen molar-refractivity contribution in [2.24, 2.45) is 5.41 Å². The molecule has 12 heteroatoms. The first-order chi connectivity index (χ1) is 16.1. The maximum atomic E-state index is 13.0. The number of rotatable bonds is 4. The summed E-state index contributed by atoms with van der Waals surface area (Å²) in [6, 6.07) is 9.82. The topological polar surface area (TPSA) is 98.7 Å². The number of halogens is 4. The van der Waals surface area contributed by atoms with Crippen molar-refractivity contribution in [1.82, 2.24) is 20.2 Å². The molecule has 2 fully saturated rings. The monoisotopic (exact) mass is 499 g/mol. The Morgan fingerprint density at radius 2 is 1.85 bits per heavy atom. The first-order valence-electron chi connectivity index (χ1n) is 10.6. The number of nitrogens with one attached hydrogen (secondary N) is 1. The maximum absolute atomic E-state index is 13.0. The molecule has 4 rings (SSSR count). The lowest BCUT2D eigenvalue weighted by Crippen LogP contribution is -2.58. The summed E-state index contributed by atoms with van der Waals surface area (Å²) in [4.78, 5) is 35.3. The normalized spacial score (nSPS) is 22.4. The van der Waals surface area contributed by atoms with Crippen LogP contribution in [-0.2, 0) is 16.1 Å². The van der Waals surface area contributed by atoms with Crippen molar-refractivity contribution >= 4 is 29.4 Å². The average Bonchev–Trinajstić information content (AvgIpc) is 3.19. The number of hydrogen-bond donors (Lipinski definition) is 2. The van der Waals surface area contributed by atoms with Crippen molar-refractivity contribution in [2.75, 3.05) is 31.6 Å². The predicted molar refractivity (Wildman–Crippen MR) is 119 cm³/mol. The smallest absolute Gasteiger partial charge is 0.475 e. The van der Waals surface area contributed by atoms with E-state index in [0.717, 1.165) is 44.0 Å². The number of alkyl halides is 3. The zero-order valence-corrected chi connectivity index (χ0v) is 19.2. The van der Waals surface area contributed by atoms with Crippen LogP contribution in [0.15, 0.2) is 42.7 Å². The van der Waals surface area contributed by atoms with Gasteiger partial charge in [-0.05, 0) is 36.6 Å². The molecule has 34 heavy (non-hydrogen) atoms. The molecule has 184 valence electrons. The highest BCUT2D eigenvalue weighted by atomic mass is 35.5. The van der Waals surface area contributed by atoms with E-state index in [4.69, 9.17) is 21.5 Å². The number of carboxylic acid groups (broad SMARTS) is 1. The summed E-state index contributed by atoms with van der Waals surface area (Å²) in [7, 11) is 1.73. The number of hydrogen-bond acceptors (Lipinski definition) is 6. The van der Waals surface area contributed by atoms with Crippen molar-refractivity contribution in [3.8, 4) is 0 Å². The van der Waals surface area contributed by atoms with Crippen LogP contribution in [0.5, 0.6) is 0 Å². The van der Waals surface area contributed by atoms with E-state index < -0.39 is 17.6 Å². The van der Waals surface area contributed by atoms with E-state index in [-0.39, 0.29) is 11.9 Å². The van der Waals surface area contributed by atoms with Crippen LogP contribution in [0.1, 0.15) is 18.4 Å². The minimum Gasteiger partial charge on any atom is -0.475 e. The number of nitrogens with zero attached hydrogens (tertiary/aromatic N) is 4. The van der Waals surface area contributed by atoms with Gasteiger partial charge in [-0.1, -0.05) is 23.7 Å². The number of piperidine rings is 1. The van der Waals surface area contributed by atoms with Gasteiger partial charge in [-0.2, -0.15) is 13.2 Å². The van der Waals surface area contributed by atoms with E-state index in [1.54, 1.807) is 19.4 Å². The van der Waals surface area contributed by atoms with Gasteiger partial charge in [0.2, 0.25) is 11.9 Å². The average molecular weight is 500 g/mol. The first-order valence-corrected chi connectivity index (χ1v) is 11.0. The van der Waals surface area contributed by atoms with E-state index in [1.165, 1.54) is 5.56 Å². The Hall–Kier alpha value is -2.92. The number of aliphatic carboxylic acids is 1. The van der Waals surface area contributed by atoms with Crippen LogP contribution >= 0.6 is 11.6 Å². The molecule has 2 saturated heterocycles. The van der Waals surface area contributed by atoms with Crippen LogP contribution in [0.25, 0.3) is 0 Å². The standard InChI is InChI=1S/C20H24ClN5O.C2HF3O2/c1-22-18(27)20-8-2-11-26(19-23-9-3-10-24-19)17(20)13-25(14-20)12-15-4-6-16(21)7-5-15;3-2(4,5)1(6)7/h3-7,9-10,17H,2,8,11-14H2,1H3,(H,22,27);(H,6,7)/t17-,20-;/m1./s1. The zero-order chi connectivity index (χ0) is 24.9. The van der Waals surface area contributed by atoms with Gasteiger partial charge < -0.3 is 15.3 Å². The van der Waals surface area contributed by atoms with Crippen LogP contribution in [0.4, 0.5) is 19.1 Å². The number of carbonyl (C=O) groups excluding carboxylic acids is 1. The molecular formula is C22H25ClF3N5O3. The van der Waals surface area contributed by atoms with Crippen molar-refractivity contribution in [2.45, 2.75) is 31.6 Å². The third-order valence-corrected chi connectivity index (χ3v) is 6.28. The van der Waals surface area contributed by atoms with Crippen molar-refractivity contribution in [3.63, 3.8) is 0 Å².